The molecule has 2 aromatic heterocycles. The van der Waals surface area contributed by atoms with Gasteiger partial charge in [0.1, 0.15) is 0 Å². The van der Waals surface area contributed by atoms with Crippen LogP contribution in [0.1, 0.15) is 25.5 Å². The quantitative estimate of drug-likeness (QED) is 0.786. The minimum atomic E-state index is 0.393. The molecule has 1 unspecified atom stereocenters. The fraction of sp³-hybridized carbons (Fsp3) is 0.583. The van der Waals surface area contributed by atoms with E-state index in [2.05, 4.69) is 50.0 Å². The van der Waals surface area contributed by atoms with E-state index in [-0.39, 0.29) is 0 Å². The highest BCUT2D eigenvalue weighted by Gasteiger charge is 2.41. The van der Waals surface area contributed by atoms with E-state index in [0.29, 0.717) is 5.41 Å². The van der Waals surface area contributed by atoms with E-state index in [4.69, 9.17) is 0 Å². The Kier molecular flexibility index (Phi) is 2.59. The van der Waals surface area contributed by atoms with Crippen molar-refractivity contribution in [1.29, 1.82) is 0 Å². The minimum Gasteiger partial charge on any atom is -0.297 e. The molecule has 0 bridgehead atoms. The van der Waals surface area contributed by atoms with E-state index in [0.717, 1.165) is 22.6 Å². The average Bonchev–Trinajstić information content (AvgIpc) is 2.93. The molecule has 0 aromatic carbocycles. The molecule has 2 aromatic rings. The summed E-state index contributed by atoms with van der Waals surface area (Å²) in [6.07, 6.45) is 8.14. The Morgan fingerprint density at radius 3 is 3.06 bits per heavy atom. The van der Waals surface area contributed by atoms with Gasteiger partial charge >= 0.3 is 0 Å². The van der Waals surface area contributed by atoms with E-state index in [1.54, 1.807) is 11.3 Å². The van der Waals surface area contributed by atoms with Gasteiger partial charge in [-0.1, -0.05) is 22.9 Å². The number of nitrogens with zero attached hydrogens (tertiary/aromatic N) is 2. The maximum Gasteiger partial charge on any atom is 0.193 e. The van der Waals surface area contributed by atoms with Gasteiger partial charge in [-0.15, -0.1) is 11.3 Å². The summed E-state index contributed by atoms with van der Waals surface area (Å²) in [5, 5.41) is 3.16. The average molecular weight is 299 g/mol. The van der Waals surface area contributed by atoms with E-state index >= 15 is 0 Å². The van der Waals surface area contributed by atoms with Crippen molar-refractivity contribution in [2.24, 2.45) is 11.3 Å². The molecule has 0 saturated heterocycles. The molecule has 4 heteroatoms. The van der Waals surface area contributed by atoms with Crippen LogP contribution in [-0.4, -0.2) is 14.7 Å². The summed E-state index contributed by atoms with van der Waals surface area (Å²) < 4.78 is 2.13. The van der Waals surface area contributed by atoms with Gasteiger partial charge < -0.3 is 0 Å². The lowest BCUT2D eigenvalue weighted by atomic mass is 9.83. The number of fused-ring (bicyclic) bond motifs is 1. The number of hydrogen-bond acceptors (Lipinski definition) is 2. The van der Waals surface area contributed by atoms with E-state index < -0.39 is 0 Å². The molecule has 1 fully saturated rings. The molecule has 2 heterocycles. The lowest BCUT2D eigenvalue weighted by molar-refractivity contribution is 0.316. The third-order valence-electron chi connectivity index (χ3n) is 3.60. The Morgan fingerprint density at radius 1 is 1.62 bits per heavy atom. The number of hydrogen-bond donors (Lipinski definition) is 0. The van der Waals surface area contributed by atoms with Gasteiger partial charge in [-0.25, -0.2) is 4.98 Å². The van der Waals surface area contributed by atoms with Crippen LogP contribution in [0.3, 0.4) is 0 Å². The molecular formula is C12H15BrN2S. The van der Waals surface area contributed by atoms with Gasteiger partial charge in [-0.3, -0.25) is 4.40 Å². The van der Waals surface area contributed by atoms with E-state index in [9.17, 15) is 0 Å². The molecule has 1 atom stereocenters. The minimum absolute atomic E-state index is 0.393. The molecule has 1 aliphatic rings. The summed E-state index contributed by atoms with van der Waals surface area (Å²) in [6.45, 7) is 2.38. The summed E-state index contributed by atoms with van der Waals surface area (Å²) in [7, 11) is 0. The van der Waals surface area contributed by atoms with Crippen molar-refractivity contribution in [3.63, 3.8) is 0 Å². The molecule has 3 rings (SSSR count). The fourth-order valence-electron chi connectivity index (χ4n) is 2.36. The maximum atomic E-state index is 4.68. The number of aromatic nitrogens is 2. The summed E-state index contributed by atoms with van der Waals surface area (Å²) in [4.78, 5) is 5.79. The Balaban J connectivity index is 1.85. The van der Waals surface area contributed by atoms with Gasteiger partial charge in [-0.05, 0) is 30.6 Å². The SMILES string of the molecule is CC(CBr)(Cc1cn2ccsc2n1)C1CC1. The van der Waals surface area contributed by atoms with Gasteiger partial charge in [0.05, 0.1) is 5.69 Å². The number of rotatable bonds is 4. The van der Waals surface area contributed by atoms with Crippen molar-refractivity contribution >= 4 is 32.2 Å². The zero-order valence-corrected chi connectivity index (χ0v) is 11.7. The van der Waals surface area contributed by atoms with Gasteiger partial charge in [0, 0.05) is 23.1 Å². The van der Waals surface area contributed by atoms with Crippen molar-refractivity contribution in [3.05, 3.63) is 23.5 Å². The molecule has 2 nitrogen and oxygen atoms in total. The second-order valence-corrected chi connectivity index (χ2v) is 6.50. The molecule has 0 spiro atoms. The normalized spacial score (nSPS) is 20.1. The Morgan fingerprint density at radius 2 is 2.44 bits per heavy atom. The molecule has 16 heavy (non-hydrogen) atoms. The van der Waals surface area contributed by atoms with Crippen LogP contribution in [0.15, 0.2) is 17.8 Å². The molecule has 0 radical (unpaired) electrons. The lowest BCUT2D eigenvalue weighted by Gasteiger charge is -2.26. The Bertz CT molecular complexity index is 471. The highest BCUT2D eigenvalue weighted by molar-refractivity contribution is 9.09. The molecule has 0 N–H and O–H groups in total. The first-order valence-corrected chi connectivity index (χ1v) is 7.68. The zero-order chi connectivity index (χ0) is 11.2. The second kappa shape index (κ2) is 3.84. The van der Waals surface area contributed by atoms with Gasteiger partial charge in [0.15, 0.2) is 4.96 Å². The monoisotopic (exact) mass is 298 g/mol. The van der Waals surface area contributed by atoms with E-state index in [1.807, 2.05) is 0 Å². The topological polar surface area (TPSA) is 17.3 Å². The van der Waals surface area contributed by atoms with Crippen LogP contribution in [0.5, 0.6) is 0 Å². The van der Waals surface area contributed by atoms with Crippen molar-refractivity contribution in [1.82, 2.24) is 9.38 Å². The van der Waals surface area contributed by atoms with Gasteiger partial charge in [-0.2, -0.15) is 0 Å². The molecule has 0 aliphatic heterocycles. The highest BCUT2D eigenvalue weighted by atomic mass is 79.9. The third kappa shape index (κ3) is 1.82. The molecular weight excluding hydrogens is 284 g/mol. The second-order valence-electron chi connectivity index (χ2n) is 5.06. The van der Waals surface area contributed by atoms with Crippen molar-refractivity contribution in [3.8, 4) is 0 Å². The molecule has 0 amide bonds. The summed E-state index contributed by atoms with van der Waals surface area (Å²) >= 11 is 5.38. The lowest BCUT2D eigenvalue weighted by Crippen LogP contribution is -2.24. The number of alkyl halides is 1. The predicted molar refractivity (Wildman–Crippen MR) is 71.4 cm³/mol. The molecule has 1 aliphatic carbocycles. The first-order chi connectivity index (χ1) is 7.71. The Labute approximate surface area is 108 Å². The molecule has 86 valence electrons. The van der Waals surface area contributed by atoms with Crippen LogP contribution < -0.4 is 0 Å². The number of thiazole rings is 1. The van der Waals surface area contributed by atoms with Crippen LogP contribution >= 0.6 is 27.3 Å². The Hall–Kier alpha value is -0.350. The van der Waals surface area contributed by atoms with Gasteiger partial charge in [0.2, 0.25) is 0 Å². The standard InChI is InChI=1S/C12H15BrN2S/c1-12(8-13,9-2-3-9)6-10-7-15-4-5-16-11(15)14-10/h4-5,7,9H,2-3,6,8H2,1H3. The summed E-state index contributed by atoms with van der Waals surface area (Å²) in [5.74, 6) is 0.895. The van der Waals surface area contributed by atoms with E-state index in [1.165, 1.54) is 18.5 Å². The molecule has 1 saturated carbocycles. The summed E-state index contributed by atoms with van der Waals surface area (Å²) in [5.41, 5.74) is 1.63. The van der Waals surface area contributed by atoms with Crippen molar-refractivity contribution in [2.45, 2.75) is 26.2 Å². The van der Waals surface area contributed by atoms with Crippen LogP contribution in [0, 0.1) is 11.3 Å². The van der Waals surface area contributed by atoms with Crippen LogP contribution in [0.4, 0.5) is 0 Å². The van der Waals surface area contributed by atoms with Crippen molar-refractivity contribution in [2.75, 3.05) is 5.33 Å². The van der Waals surface area contributed by atoms with Gasteiger partial charge in [0.25, 0.3) is 0 Å². The fourth-order valence-corrected chi connectivity index (χ4v) is 3.73. The van der Waals surface area contributed by atoms with Crippen molar-refractivity contribution < 1.29 is 0 Å². The smallest absolute Gasteiger partial charge is 0.193 e. The highest BCUT2D eigenvalue weighted by Crippen LogP contribution is 2.48. The first kappa shape index (κ1) is 10.8. The number of imidazole rings is 1. The number of halogens is 1. The van der Waals surface area contributed by atoms with Crippen LogP contribution in [0.2, 0.25) is 0 Å². The van der Waals surface area contributed by atoms with Crippen LogP contribution in [-0.2, 0) is 6.42 Å². The largest absolute Gasteiger partial charge is 0.297 e. The third-order valence-corrected chi connectivity index (χ3v) is 5.65. The summed E-state index contributed by atoms with van der Waals surface area (Å²) in [6, 6.07) is 0. The zero-order valence-electron chi connectivity index (χ0n) is 9.32. The first-order valence-electron chi connectivity index (χ1n) is 5.68. The predicted octanol–water partition coefficient (Wildman–Crippen LogP) is 3.75. The van der Waals surface area contributed by atoms with Crippen LogP contribution in [0.25, 0.3) is 4.96 Å². The maximum absolute atomic E-state index is 4.68.